The summed E-state index contributed by atoms with van der Waals surface area (Å²) in [7, 11) is 1.55. The molecule has 84 valence electrons. The summed E-state index contributed by atoms with van der Waals surface area (Å²) in [5.41, 5.74) is 0.702. The molecule has 1 heterocycles. The van der Waals surface area contributed by atoms with E-state index in [2.05, 4.69) is 4.98 Å². The molecular weight excluding hydrogens is 194 g/mol. The molecule has 4 nitrogen and oxygen atoms in total. The van der Waals surface area contributed by atoms with Crippen molar-refractivity contribution in [3.63, 3.8) is 0 Å². The molecule has 0 aromatic carbocycles. The lowest BCUT2D eigenvalue weighted by atomic mass is 10.1. The maximum absolute atomic E-state index is 9.85. The van der Waals surface area contributed by atoms with Gasteiger partial charge in [0.1, 0.15) is 11.9 Å². The van der Waals surface area contributed by atoms with E-state index in [1.807, 2.05) is 13.8 Å². The van der Waals surface area contributed by atoms with Crippen molar-refractivity contribution < 1.29 is 14.6 Å². The van der Waals surface area contributed by atoms with E-state index in [1.165, 1.54) is 0 Å². The summed E-state index contributed by atoms with van der Waals surface area (Å²) in [6.45, 7) is 4.12. The zero-order chi connectivity index (χ0) is 11.3. The number of pyridine rings is 1. The second-order valence-electron chi connectivity index (χ2n) is 3.52. The Kier molecular flexibility index (Phi) is 4.52. The summed E-state index contributed by atoms with van der Waals surface area (Å²) >= 11 is 0. The predicted molar refractivity (Wildman–Crippen MR) is 56.8 cm³/mol. The first-order valence-electron chi connectivity index (χ1n) is 4.92. The Balaban J connectivity index is 2.68. The summed E-state index contributed by atoms with van der Waals surface area (Å²) in [6.07, 6.45) is 2.63. The van der Waals surface area contributed by atoms with Gasteiger partial charge in [0.25, 0.3) is 0 Å². The number of nitrogens with zero attached hydrogens (tertiary/aromatic N) is 1. The third-order valence-corrected chi connectivity index (χ3v) is 1.98. The van der Waals surface area contributed by atoms with Gasteiger partial charge in [-0.15, -0.1) is 0 Å². The standard InChI is InChI=1S/C11H17NO3/c1-8(2)15-7-10(13)9-4-5-12-6-11(9)14-3/h4-6,8,10,13H,7H2,1-3H3. The molecule has 0 saturated heterocycles. The fourth-order valence-corrected chi connectivity index (χ4v) is 1.21. The number of rotatable bonds is 5. The van der Waals surface area contributed by atoms with Gasteiger partial charge in [-0.25, -0.2) is 0 Å². The monoisotopic (exact) mass is 211 g/mol. The maximum atomic E-state index is 9.85. The van der Waals surface area contributed by atoms with Crippen LogP contribution in [0.4, 0.5) is 0 Å². The average Bonchev–Trinajstić information content (AvgIpc) is 2.25. The lowest BCUT2D eigenvalue weighted by Crippen LogP contribution is -2.12. The summed E-state index contributed by atoms with van der Waals surface area (Å²) in [4.78, 5) is 3.92. The normalized spacial score (nSPS) is 12.9. The molecule has 1 atom stereocenters. The summed E-state index contributed by atoms with van der Waals surface area (Å²) in [5.74, 6) is 0.581. The summed E-state index contributed by atoms with van der Waals surface area (Å²) < 4.78 is 10.4. The quantitative estimate of drug-likeness (QED) is 0.802. The van der Waals surface area contributed by atoms with Crippen LogP contribution in [0.15, 0.2) is 18.5 Å². The lowest BCUT2D eigenvalue weighted by molar-refractivity contribution is 0.00404. The average molecular weight is 211 g/mol. The molecule has 1 rings (SSSR count). The fraction of sp³-hybridized carbons (Fsp3) is 0.545. The van der Waals surface area contributed by atoms with Gasteiger partial charge in [0.15, 0.2) is 0 Å². The van der Waals surface area contributed by atoms with Crippen LogP contribution in [0.3, 0.4) is 0 Å². The smallest absolute Gasteiger partial charge is 0.143 e. The molecule has 1 aromatic rings. The van der Waals surface area contributed by atoms with Gasteiger partial charge in [0, 0.05) is 11.8 Å². The van der Waals surface area contributed by atoms with Crippen molar-refractivity contribution in [2.45, 2.75) is 26.1 Å². The van der Waals surface area contributed by atoms with Crippen LogP contribution in [-0.2, 0) is 4.74 Å². The van der Waals surface area contributed by atoms with Crippen molar-refractivity contribution in [3.8, 4) is 5.75 Å². The van der Waals surface area contributed by atoms with Crippen LogP contribution in [0.5, 0.6) is 5.75 Å². The van der Waals surface area contributed by atoms with E-state index in [0.717, 1.165) is 0 Å². The topological polar surface area (TPSA) is 51.6 Å². The Morgan fingerprint density at radius 1 is 1.47 bits per heavy atom. The molecule has 1 aromatic heterocycles. The van der Waals surface area contributed by atoms with Crippen LogP contribution < -0.4 is 4.74 Å². The molecule has 0 bridgehead atoms. The highest BCUT2D eigenvalue weighted by molar-refractivity contribution is 5.31. The third kappa shape index (κ3) is 3.49. The first-order chi connectivity index (χ1) is 7.15. The van der Waals surface area contributed by atoms with Crippen molar-refractivity contribution in [2.75, 3.05) is 13.7 Å². The molecule has 0 amide bonds. The molecule has 0 saturated carbocycles. The minimum atomic E-state index is -0.676. The van der Waals surface area contributed by atoms with E-state index in [1.54, 1.807) is 25.6 Å². The highest BCUT2D eigenvalue weighted by Gasteiger charge is 2.13. The van der Waals surface area contributed by atoms with Crippen LogP contribution in [-0.4, -0.2) is 29.9 Å². The zero-order valence-corrected chi connectivity index (χ0v) is 9.30. The molecule has 0 spiro atoms. The lowest BCUT2D eigenvalue weighted by Gasteiger charge is -2.15. The van der Waals surface area contributed by atoms with E-state index in [0.29, 0.717) is 11.3 Å². The number of aliphatic hydroxyl groups excluding tert-OH is 1. The number of hydrogen-bond acceptors (Lipinski definition) is 4. The van der Waals surface area contributed by atoms with E-state index in [-0.39, 0.29) is 12.7 Å². The van der Waals surface area contributed by atoms with Crippen LogP contribution >= 0.6 is 0 Å². The SMILES string of the molecule is COc1cnccc1C(O)COC(C)C. The van der Waals surface area contributed by atoms with Gasteiger partial charge in [-0.3, -0.25) is 4.98 Å². The number of ether oxygens (including phenoxy) is 2. The molecule has 4 heteroatoms. The Morgan fingerprint density at radius 2 is 2.20 bits per heavy atom. The predicted octanol–water partition coefficient (Wildman–Crippen LogP) is 1.55. The van der Waals surface area contributed by atoms with Crippen LogP contribution in [0.1, 0.15) is 25.5 Å². The van der Waals surface area contributed by atoms with Crippen molar-refractivity contribution in [1.82, 2.24) is 4.98 Å². The summed E-state index contributed by atoms with van der Waals surface area (Å²) in [6, 6.07) is 1.73. The van der Waals surface area contributed by atoms with Crippen molar-refractivity contribution in [3.05, 3.63) is 24.0 Å². The van der Waals surface area contributed by atoms with E-state index in [9.17, 15) is 5.11 Å². The molecule has 0 radical (unpaired) electrons. The maximum Gasteiger partial charge on any atom is 0.143 e. The van der Waals surface area contributed by atoms with Gasteiger partial charge in [0.2, 0.25) is 0 Å². The number of aromatic nitrogens is 1. The minimum absolute atomic E-state index is 0.104. The Morgan fingerprint density at radius 3 is 2.80 bits per heavy atom. The Bertz CT molecular complexity index is 302. The first-order valence-corrected chi connectivity index (χ1v) is 4.92. The van der Waals surface area contributed by atoms with Gasteiger partial charge in [-0.05, 0) is 19.9 Å². The molecule has 0 aliphatic carbocycles. The fourth-order valence-electron chi connectivity index (χ4n) is 1.21. The highest BCUT2D eigenvalue weighted by atomic mass is 16.5. The highest BCUT2D eigenvalue weighted by Crippen LogP contribution is 2.23. The van der Waals surface area contributed by atoms with E-state index in [4.69, 9.17) is 9.47 Å². The van der Waals surface area contributed by atoms with Crippen molar-refractivity contribution >= 4 is 0 Å². The van der Waals surface area contributed by atoms with Gasteiger partial charge < -0.3 is 14.6 Å². The molecule has 1 unspecified atom stereocenters. The second kappa shape index (κ2) is 5.68. The molecular formula is C11H17NO3. The molecule has 0 aliphatic heterocycles. The van der Waals surface area contributed by atoms with Gasteiger partial charge >= 0.3 is 0 Å². The van der Waals surface area contributed by atoms with Crippen LogP contribution in [0, 0.1) is 0 Å². The third-order valence-electron chi connectivity index (χ3n) is 1.98. The minimum Gasteiger partial charge on any atom is -0.495 e. The van der Waals surface area contributed by atoms with Crippen molar-refractivity contribution in [1.29, 1.82) is 0 Å². The Hall–Kier alpha value is -1.13. The number of aliphatic hydroxyl groups is 1. The number of hydrogen-bond donors (Lipinski definition) is 1. The summed E-state index contributed by atoms with van der Waals surface area (Å²) in [5, 5.41) is 9.85. The van der Waals surface area contributed by atoms with Gasteiger partial charge in [-0.2, -0.15) is 0 Å². The molecule has 15 heavy (non-hydrogen) atoms. The van der Waals surface area contributed by atoms with E-state index >= 15 is 0 Å². The Labute approximate surface area is 89.9 Å². The second-order valence-corrected chi connectivity index (χ2v) is 3.52. The van der Waals surface area contributed by atoms with Crippen molar-refractivity contribution in [2.24, 2.45) is 0 Å². The first kappa shape index (κ1) is 11.9. The molecule has 0 fully saturated rings. The van der Waals surface area contributed by atoms with Gasteiger partial charge in [0.05, 0.1) is 26.0 Å². The zero-order valence-electron chi connectivity index (χ0n) is 9.30. The van der Waals surface area contributed by atoms with Gasteiger partial charge in [-0.1, -0.05) is 0 Å². The number of methoxy groups -OCH3 is 1. The largest absolute Gasteiger partial charge is 0.495 e. The molecule has 1 N–H and O–H groups in total. The van der Waals surface area contributed by atoms with Crippen LogP contribution in [0.2, 0.25) is 0 Å². The van der Waals surface area contributed by atoms with E-state index < -0.39 is 6.10 Å². The van der Waals surface area contributed by atoms with Crippen LogP contribution in [0.25, 0.3) is 0 Å². The molecule has 0 aliphatic rings.